The Morgan fingerprint density at radius 1 is 0.442 bits per heavy atom. The molecule has 0 amide bonds. The molecule has 3 nitrogen and oxygen atoms in total. The minimum absolute atomic E-state index is 0.770. The summed E-state index contributed by atoms with van der Waals surface area (Å²) in [6, 6.07) is 60.3. The van der Waals surface area contributed by atoms with Gasteiger partial charge in [-0.15, -0.1) is 0 Å². The van der Waals surface area contributed by atoms with Gasteiger partial charge in [0.15, 0.2) is 5.82 Å². The molecule has 1 aliphatic rings. The van der Waals surface area contributed by atoms with Gasteiger partial charge in [0.25, 0.3) is 0 Å². The number of fused-ring (bicyclic) bond motifs is 6. The van der Waals surface area contributed by atoms with Crippen LogP contribution in [0.3, 0.4) is 0 Å². The first-order chi connectivity index (χ1) is 25.5. The fraction of sp³-hybridized carbons (Fsp3) is 0.0417. The standard InChI is InChI=1S/C48H34N2OSi/c1-52(2)43-27-9-7-23-41(43)44-45(49-47(50-48(44)52)37-21-12-16-32(30-37)31-14-4-3-5-15-31)36-20-11-18-34(29-36)33-17-10-19-35(28-33)38-24-13-25-40-39-22-6-8-26-42(39)51-46(38)40/h3-30H,1-2H3. The van der Waals surface area contributed by atoms with Crippen LogP contribution in [0.15, 0.2) is 174 Å². The summed E-state index contributed by atoms with van der Waals surface area (Å²) in [4.78, 5) is 10.9. The zero-order valence-corrected chi connectivity index (χ0v) is 30.0. The van der Waals surface area contributed by atoms with Gasteiger partial charge in [-0.05, 0) is 62.8 Å². The molecule has 246 valence electrons. The van der Waals surface area contributed by atoms with Crippen molar-refractivity contribution in [3.8, 4) is 67.2 Å². The van der Waals surface area contributed by atoms with Crippen molar-refractivity contribution in [3.05, 3.63) is 170 Å². The van der Waals surface area contributed by atoms with Crippen LogP contribution in [0.5, 0.6) is 0 Å². The lowest BCUT2D eigenvalue weighted by atomic mass is 9.95. The maximum Gasteiger partial charge on any atom is 0.159 e. The Kier molecular flexibility index (Phi) is 6.95. The van der Waals surface area contributed by atoms with Gasteiger partial charge in [0.05, 0.1) is 5.69 Å². The number of rotatable bonds is 5. The third-order valence-electron chi connectivity index (χ3n) is 10.6. The van der Waals surface area contributed by atoms with E-state index in [-0.39, 0.29) is 0 Å². The SMILES string of the molecule is C[Si]1(C)c2ccccc2-c2c(-c3cccc(-c4cccc(-c5cccc6c5oc5ccccc56)c4)c3)nc(-c3cccc(-c4ccccc4)c3)nc21. The number of aromatic nitrogens is 2. The molecule has 52 heavy (non-hydrogen) atoms. The Balaban J connectivity index is 1.13. The highest BCUT2D eigenvalue weighted by Crippen LogP contribution is 2.40. The molecule has 10 rings (SSSR count). The van der Waals surface area contributed by atoms with Crippen molar-refractivity contribution >= 4 is 40.5 Å². The molecule has 1 aliphatic heterocycles. The first-order valence-electron chi connectivity index (χ1n) is 17.8. The Hall–Kier alpha value is -6.36. The van der Waals surface area contributed by atoms with Crippen LogP contribution in [0.4, 0.5) is 0 Å². The van der Waals surface area contributed by atoms with E-state index in [0.717, 1.165) is 72.4 Å². The topological polar surface area (TPSA) is 38.9 Å². The van der Waals surface area contributed by atoms with E-state index in [9.17, 15) is 0 Å². The lowest BCUT2D eigenvalue weighted by molar-refractivity contribution is 0.670. The molecule has 0 atom stereocenters. The summed E-state index contributed by atoms with van der Waals surface area (Å²) in [5.74, 6) is 0.770. The second-order valence-corrected chi connectivity index (χ2v) is 18.4. The van der Waals surface area contributed by atoms with Gasteiger partial charge in [-0.1, -0.05) is 159 Å². The van der Waals surface area contributed by atoms with Crippen molar-refractivity contribution in [2.45, 2.75) is 13.1 Å². The minimum atomic E-state index is -2.11. The van der Waals surface area contributed by atoms with E-state index in [0.29, 0.717) is 0 Å². The minimum Gasteiger partial charge on any atom is -0.455 e. The lowest BCUT2D eigenvalue weighted by Crippen LogP contribution is -2.50. The molecule has 0 N–H and O–H groups in total. The third kappa shape index (κ3) is 4.87. The first kappa shape index (κ1) is 30.5. The van der Waals surface area contributed by atoms with Crippen molar-refractivity contribution in [2.75, 3.05) is 0 Å². The van der Waals surface area contributed by atoms with Gasteiger partial charge in [0.1, 0.15) is 19.2 Å². The fourth-order valence-electron chi connectivity index (χ4n) is 8.04. The van der Waals surface area contributed by atoms with Crippen LogP contribution in [0.2, 0.25) is 13.1 Å². The molecule has 0 saturated carbocycles. The van der Waals surface area contributed by atoms with Crippen LogP contribution < -0.4 is 10.5 Å². The second kappa shape index (κ2) is 11.9. The maximum atomic E-state index is 6.42. The van der Waals surface area contributed by atoms with Crippen LogP contribution >= 0.6 is 0 Å². The quantitative estimate of drug-likeness (QED) is 0.170. The van der Waals surface area contributed by atoms with Gasteiger partial charge in [0, 0.05) is 38.3 Å². The summed E-state index contributed by atoms with van der Waals surface area (Å²) in [5.41, 5.74) is 14.2. The van der Waals surface area contributed by atoms with Gasteiger partial charge in [-0.25, -0.2) is 9.97 Å². The predicted molar refractivity (Wildman–Crippen MR) is 219 cm³/mol. The maximum absolute atomic E-state index is 6.42. The van der Waals surface area contributed by atoms with E-state index < -0.39 is 8.07 Å². The molecule has 0 bridgehead atoms. The van der Waals surface area contributed by atoms with Crippen LogP contribution in [0.1, 0.15) is 0 Å². The number of furan rings is 1. The van der Waals surface area contributed by atoms with Gasteiger partial charge in [-0.3, -0.25) is 0 Å². The molecule has 7 aromatic carbocycles. The summed E-state index contributed by atoms with van der Waals surface area (Å²) in [6.45, 7) is 4.84. The zero-order chi connectivity index (χ0) is 34.8. The number of hydrogen-bond acceptors (Lipinski definition) is 3. The molecule has 2 aromatic heterocycles. The van der Waals surface area contributed by atoms with Crippen LogP contribution in [-0.2, 0) is 0 Å². The summed E-state index contributed by atoms with van der Waals surface area (Å²) in [7, 11) is -2.11. The van der Waals surface area contributed by atoms with Crippen LogP contribution in [0, 0.1) is 0 Å². The number of para-hydroxylation sites is 2. The van der Waals surface area contributed by atoms with Crippen molar-refractivity contribution in [3.63, 3.8) is 0 Å². The van der Waals surface area contributed by atoms with Crippen molar-refractivity contribution in [2.24, 2.45) is 0 Å². The lowest BCUT2D eigenvalue weighted by Gasteiger charge is -2.19. The van der Waals surface area contributed by atoms with E-state index in [1.54, 1.807) is 0 Å². The van der Waals surface area contributed by atoms with E-state index in [1.807, 2.05) is 12.1 Å². The Morgan fingerprint density at radius 2 is 1.00 bits per heavy atom. The van der Waals surface area contributed by atoms with E-state index in [2.05, 4.69) is 171 Å². The predicted octanol–water partition coefficient (Wildman–Crippen LogP) is 11.5. The Labute approximate surface area is 303 Å². The highest BCUT2D eigenvalue weighted by molar-refractivity contribution is 7.03. The Morgan fingerprint density at radius 3 is 1.83 bits per heavy atom. The highest BCUT2D eigenvalue weighted by atomic mass is 28.3. The molecule has 0 spiro atoms. The summed E-state index contributed by atoms with van der Waals surface area (Å²) in [5, 5.41) is 4.89. The summed E-state index contributed by atoms with van der Waals surface area (Å²) in [6.07, 6.45) is 0. The van der Waals surface area contributed by atoms with E-state index >= 15 is 0 Å². The molecule has 0 unspecified atom stereocenters. The van der Waals surface area contributed by atoms with Gasteiger partial charge < -0.3 is 4.42 Å². The van der Waals surface area contributed by atoms with E-state index in [4.69, 9.17) is 14.4 Å². The first-order valence-corrected chi connectivity index (χ1v) is 20.8. The van der Waals surface area contributed by atoms with Crippen LogP contribution in [0.25, 0.3) is 89.1 Å². The average Bonchev–Trinajstić information content (AvgIpc) is 3.70. The molecule has 0 aliphatic carbocycles. The molecular weight excluding hydrogens is 649 g/mol. The number of hydrogen-bond donors (Lipinski definition) is 0. The zero-order valence-electron chi connectivity index (χ0n) is 29.0. The van der Waals surface area contributed by atoms with Crippen molar-refractivity contribution in [1.82, 2.24) is 9.97 Å². The molecule has 9 aromatic rings. The van der Waals surface area contributed by atoms with Gasteiger partial charge >= 0.3 is 0 Å². The third-order valence-corrected chi connectivity index (χ3v) is 14.0. The van der Waals surface area contributed by atoms with E-state index in [1.165, 1.54) is 27.2 Å². The normalized spacial score (nSPS) is 13.0. The molecule has 0 saturated heterocycles. The number of benzene rings is 7. The number of nitrogens with zero attached hydrogens (tertiary/aromatic N) is 2. The molecule has 3 heterocycles. The highest BCUT2D eigenvalue weighted by Gasteiger charge is 2.41. The van der Waals surface area contributed by atoms with Gasteiger partial charge in [0.2, 0.25) is 0 Å². The van der Waals surface area contributed by atoms with Gasteiger partial charge in [-0.2, -0.15) is 0 Å². The molecule has 0 radical (unpaired) electrons. The summed E-state index contributed by atoms with van der Waals surface area (Å²) >= 11 is 0. The average molecular weight is 683 g/mol. The van der Waals surface area contributed by atoms with Crippen molar-refractivity contribution in [1.29, 1.82) is 0 Å². The van der Waals surface area contributed by atoms with Crippen molar-refractivity contribution < 1.29 is 4.42 Å². The fourth-order valence-corrected chi connectivity index (χ4v) is 10.9. The molecule has 4 heteroatoms. The summed E-state index contributed by atoms with van der Waals surface area (Å²) < 4.78 is 6.42. The second-order valence-electron chi connectivity index (χ2n) is 14.2. The smallest absolute Gasteiger partial charge is 0.159 e. The monoisotopic (exact) mass is 682 g/mol. The largest absolute Gasteiger partial charge is 0.455 e. The Bertz CT molecular complexity index is 2830. The molecule has 0 fully saturated rings. The van der Waals surface area contributed by atoms with Crippen LogP contribution in [-0.4, -0.2) is 18.0 Å². The molecular formula is C48H34N2OSi.